The Morgan fingerprint density at radius 1 is 1.19 bits per heavy atom. The second-order valence-electron chi connectivity index (χ2n) is 6.15. The van der Waals surface area contributed by atoms with Crippen molar-refractivity contribution in [3.63, 3.8) is 0 Å². The third-order valence-corrected chi connectivity index (χ3v) is 4.40. The molecule has 3 heteroatoms. The van der Waals surface area contributed by atoms with Gasteiger partial charge in [-0.15, -0.1) is 0 Å². The van der Waals surface area contributed by atoms with Crippen molar-refractivity contribution < 1.29 is 14.6 Å². The minimum absolute atomic E-state index is 0.115. The third kappa shape index (κ3) is 4.29. The quantitative estimate of drug-likeness (QED) is 0.876. The summed E-state index contributed by atoms with van der Waals surface area (Å²) in [6, 6.07) is 8.79. The topological polar surface area (TPSA) is 38.7 Å². The zero-order chi connectivity index (χ0) is 15.2. The van der Waals surface area contributed by atoms with Crippen LogP contribution in [-0.2, 0) is 22.3 Å². The van der Waals surface area contributed by atoms with E-state index in [0.717, 1.165) is 19.3 Å². The van der Waals surface area contributed by atoms with Gasteiger partial charge in [0.25, 0.3) is 0 Å². The van der Waals surface area contributed by atoms with E-state index in [0.29, 0.717) is 6.61 Å². The van der Waals surface area contributed by atoms with Crippen LogP contribution in [0, 0.1) is 5.92 Å². The summed E-state index contributed by atoms with van der Waals surface area (Å²) in [6.45, 7) is 4.92. The maximum absolute atomic E-state index is 10.3. The number of aryl methyl sites for hydroxylation is 2. The number of rotatable bonds is 6. The Labute approximate surface area is 128 Å². The van der Waals surface area contributed by atoms with Crippen molar-refractivity contribution in [2.45, 2.75) is 57.8 Å². The van der Waals surface area contributed by atoms with Gasteiger partial charge in [0.05, 0.1) is 18.8 Å². The van der Waals surface area contributed by atoms with E-state index in [1.807, 2.05) is 0 Å². The first-order chi connectivity index (χ1) is 10.2. The van der Waals surface area contributed by atoms with Crippen molar-refractivity contribution in [2.75, 3.05) is 13.7 Å². The van der Waals surface area contributed by atoms with Gasteiger partial charge in [0.2, 0.25) is 0 Å². The number of hydrogen-bond acceptors (Lipinski definition) is 3. The lowest BCUT2D eigenvalue weighted by Crippen LogP contribution is -2.50. The Morgan fingerprint density at radius 2 is 1.81 bits per heavy atom. The number of benzene rings is 1. The molecule has 0 spiro atoms. The van der Waals surface area contributed by atoms with E-state index in [4.69, 9.17) is 9.47 Å². The van der Waals surface area contributed by atoms with Crippen molar-refractivity contribution in [3.8, 4) is 0 Å². The Bertz CT molecular complexity index is 415. The smallest absolute Gasteiger partial charge is 0.107 e. The molecule has 2 rings (SSSR count). The number of aliphatic hydroxyl groups is 1. The number of ether oxygens (including phenoxy) is 2. The van der Waals surface area contributed by atoms with E-state index < -0.39 is 6.10 Å². The molecular formula is C18H28O3. The second-order valence-corrected chi connectivity index (χ2v) is 6.15. The van der Waals surface area contributed by atoms with Gasteiger partial charge in [0.1, 0.15) is 6.10 Å². The van der Waals surface area contributed by atoms with Gasteiger partial charge in [0.15, 0.2) is 0 Å². The van der Waals surface area contributed by atoms with Crippen molar-refractivity contribution in [2.24, 2.45) is 5.92 Å². The molecule has 1 saturated heterocycles. The Kier molecular flexibility index (Phi) is 6.22. The molecule has 4 atom stereocenters. The van der Waals surface area contributed by atoms with Gasteiger partial charge in [-0.3, -0.25) is 0 Å². The summed E-state index contributed by atoms with van der Waals surface area (Å²) in [6.07, 6.45) is 3.31. The maximum Gasteiger partial charge on any atom is 0.107 e. The minimum atomic E-state index is -0.530. The van der Waals surface area contributed by atoms with E-state index in [9.17, 15) is 5.11 Å². The molecule has 0 amide bonds. The van der Waals surface area contributed by atoms with Crippen LogP contribution in [0.2, 0.25) is 0 Å². The lowest BCUT2D eigenvalue weighted by molar-refractivity contribution is -0.171. The predicted octanol–water partition coefficient (Wildman–Crippen LogP) is 2.98. The van der Waals surface area contributed by atoms with Crippen molar-refractivity contribution in [1.82, 2.24) is 0 Å². The molecule has 1 aromatic carbocycles. The normalized spacial score (nSPS) is 29.5. The fourth-order valence-electron chi connectivity index (χ4n) is 3.11. The molecule has 21 heavy (non-hydrogen) atoms. The molecule has 1 N–H and O–H groups in total. The molecular weight excluding hydrogens is 264 g/mol. The Morgan fingerprint density at radius 3 is 2.38 bits per heavy atom. The summed E-state index contributed by atoms with van der Waals surface area (Å²) in [4.78, 5) is 0. The molecule has 0 aliphatic carbocycles. The Balaban J connectivity index is 1.87. The van der Waals surface area contributed by atoms with Gasteiger partial charge in [-0.05, 0) is 30.4 Å². The highest BCUT2D eigenvalue weighted by atomic mass is 16.5. The highest BCUT2D eigenvalue weighted by molar-refractivity contribution is 5.22. The van der Waals surface area contributed by atoms with E-state index in [2.05, 4.69) is 38.1 Å². The fraction of sp³-hybridized carbons (Fsp3) is 0.667. The van der Waals surface area contributed by atoms with Crippen LogP contribution in [0.4, 0.5) is 0 Å². The maximum atomic E-state index is 10.3. The molecule has 1 aromatic rings. The van der Waals surface area contributed by atoms with Crippen molar-refractivity contribution in [3.05, 3.63) is 35.4 Å². The summed E-state index contributed by atoms with van der Waals surface area (Å²) in [5.74, 6) is 0.245. The van der Waals surface area contributed by atoms with Crippen LogP contribution in [0.25, 0.3) is 0 Å². The summed E-state index contributed by atoms with van der Waals surface area (Å²) in [5, 5.41) is 10.3. The summed E-state index contributed by atoms with van der Waals surface area (Å²) in [7, 11) is 1.67. The fourth-order valence-corrected chi connectivity index (χ4v) is 3.11. The van der Waals surface area contributed by atoms with E-state index >= 15 is 0 Å². The van der Waals surface area contributed by atoms with E-state index in [1.165, 1.54) is 17.5 Å². The van der Waals surface area contributed by atoms with Crippen LogP contribution < -0.4 is 0 Å². The van der Waals surface area contributed by atoms with E-state index in [-0.39, 0.29) is 18.1 Å². The van der Waals surface area contributed by atoms with Crippen LogP contribution >= 0.6 is 0 Å². The SMILES string of the molecule is CCCc1ccc(CCC2OCC(C)C(OC)C2O)cc1. The van der Waals surface area contributed by atoms with Crippen molar-refractivity contribution >= 4 is 0 Å². The number of aliphatic hydroxyl groups excluding tert-OH is 1. The number of hydrogen-bond donors (Lipinski definition) is 1. The average Bonchev–Trinajstić information content (AvgIpc) is 2.49. The molecule has 0 bridgehead atoms. The molecule has 0 saturated carbocycles. The zero-order valence-electron chi connectivity index (χ0n) is 13.4. The number of methoxy groups -OCH3 is 1. The standard InChI is InChI=1S/C18H28O3/c1-4-5-14-6-8-15(9-7-14)10-11-16-17(19)18(20-3)13(2)12-21-16/h6-9,13,16-19H,4-5,10-12H2,1-3H3. The first-order valence-corrected chi connectivity index (χ1v) is 8.06. The Hall–Kier alpha value is -0.900. The van der Waals surface area contributed by atoms with Gasteiger partial charge >= 0.3 is 0 Å². The summed E-state index contributed by atoms with van der Waals surface area (Å²) < 4.78 is 11.2. The van der Waals surface area contributed by atoms with Gasteiger partial charge in [-0.25, -0.2) is 0 Å². The van der Waals surface area contributed by atoms with E-state index in [1.54, 1.807) is 7.11 Å². The van der Waals surface area contributed by atoms with Gasteiger partial charge < -0.3 is 14.6 Å². The molecule has 0 radical (unpaired) electrons. The molecule has 1 fully saturated rings. The van der Waals surface area contributed by atoms with Crippen molar-refractivity contribution in [1.29, 1.82) is 0 Å². The first kappa shape index (κ1) is 16.5. The third-order valence-electron chi connectivity index (χ3n) is 4.40. The average molecular weight is 292 g/mol. The molecule has 118 valence electrons. The molecule has 0 aromatic heterocycles. The van der Waals surface area contributed by atoms with Crippen LogP contribution in [0.1, 0.15) is 37.8 Å². The summed E-state index contributed by atoms with van der Waals surface area (Å²) >= 11 is 0. The molecule has 3 nitrogen and oxygen atoms in total. The highest BCUT2D eigenvalue weighted by Crippen LogP contribution is 2.25. The summed E-state index contributed by atoms with van der Waals surface area (Å²) in [5.41, 5.74) is 2.70. The van der Waals surface area contributed by atoms with Gasteiger partial charge in [-0.2, -0.15) is 0 Å². The minimum Gasteiger partial charge on any atom is -0.388 e. The monoisotopic (exact) mass is 292 g/mol. The van der Waals surface area contributed by atoms with Crippen LogP contribution in [0.15, 0.2) is 24.3 Å². The first-order valence-electron chi connectivity index (χ1n) is 8.06. The van der Waals surface area contributed by atoms with Crippen LogP contribution in [-0.4, -0.2) is 37.1 Å². The molecule has 1 heterocycles. The van der Waals surface area contributed by atoms with Gasteiger partial charge in [0, 0.05) is 13.0 Å². The predicted molar refractivity (Wildman–Crippen MR) is 84.5 cm³/mol. The highest BCUT2D eigenvalue weighted by Gasteiger charge is 2.37. The zero-order valence-corrected chi connectivity index (χ0v) is 13.4. The molecule has 1 aliphatic rings. The second kappa shape index (κ2) is 7.92. The van der Waals surface area contributed by atoms with Crippen LogP contribution in [0.3, 0.4) is 0 Å². The van der Waals surface area contributed by atoms with Gasteiger partial charge in [-0.1, -0.05) is 44.5 Å². The molecule has 1 aliphatic heterocycles. The largest absolute Gasteiger partial charge is 0.388 e. The lowest BCUT2D eigenvalue weighted by atomic mass is 9.90. The van der Waals surface area contributed by atoms with Crippen LogP contribution in [0.5, 0.6) is 0 Å². The molecule has 4 unspecified atom stereocenters. The lowest BCUT2D eigenvalue weighted by Gasteiger charge is -2.38.